The van der Waals surface area contributed by atoms with Crippen molar-refractivity contribution in [2.24, 2.45) is 0 Å². The number of ether oxygens (including phenoxy) is 1. The molecule has 1 aromatic carbocycles. The maximum absolute atomic E-state index is 13.2. The predicted octanol–water partition coefficient (Wildman–Crippen LogP) is 1.35. The molecule has 1 fully saturated rings. The number of amides is 2. The molecule has 7 heteroatoms. The van der Waals surface area contributed by atoms with E-state index >= 15 is 0 Å². The van der Waals surface area contributed by atoms with E-state index < -0.39 is 5.60 Å². The minimum Gasteiger partial charge on any atom is -0.494 e. The minimum absolute atomic E-state index is 0.0263. The number of methoxy groups -OCH3 is 1. The van der Waals surface area contributed by atoms with Crippen LogP contribution in [0.4, 0.5) is 0 Å². The molecule has 0 saturated carbocycles. The number of aromatic nitrogens is 1. The lowest BCUT2D eigenvalue weighted by Crippen LogP contribution is -2.52. The summed E-state index contributed by atoms with van der Waals surface area (Å²) in [6.07, 6.45) is 2.63. The summed E-state index contributed by atoms with van der Waals surface area (Å²) in [6.45, 7) is 0.633. The molecule has 1 unspecified atom stereocenters. The molecule has 0 bridgehead atoms. The van der Waals surface area contributed by atoms with Crippen molar-refractivity contribution in [3.8, 4) is 5.75 Å². The number of para-hydroxylation sites is 1. The summed E-state index contributed by atoms with van der Waals surface area (Å²) < 4.78 is 5.36. The molecule has 2 aromatic rings. The number of carbonyl (C=O) groups excluding carboxylic acids is 2. The number of benzene rings is 1. The van der Waals surface area contributed by atoms with Crippen molar-refractivity contribution in [1.82, 2.24) is 15.2 Å². The van der Waals surface area contributed by atoms with Gasteiger partial charge in [0.2, 0.25) is 5.91 Å². The van der Waals surface area contributed by atoms with Crippen molar-refractivity contribution in [2.45, 2.75) is 24.9 Å². The van der Waals surface area contributed by atoms with Crippen molar-refractivity contribution < 1.29 is 19.4 Å². The van der Waals surface area contributed by atoms with Crippen LogP contribution in [0.5, 0.6) is 5.75 Å². The number of fused-ring (bicyclic) bond motifs is 1. The first kappa shape index (κ1) is 18.1. The predicted molar refractivity (Wildman–Crippen MR) is 97.1 cm³/mol. The van der Waals surface area contributed by atoms with E-state index in [-0.39, 0.29) is 24.8 Å². The molecule has 0 spiro atoms. The number of likely N-dealkylation sites (tertiary alicyclic amines) is 1. The lowest BCUT2D eigenvalue weighted by atomic mass is 9.88. The topological polar surface area (TPSA) is 91.8 Å². The highest BCUT2D eigenvalue weighted by molar-refractivity contribution is 6.08. The third-order valence-electron chi connectivity index (χ3n) is 4.79. The summed E-state index contributed by atoms with van der Waals surface area (Å²) in [5.74, 6) is -0.0710. The van der Waals surface area contributed by atoms with E-state index in [9.17, 15) is 14.7 Å². The SMILES string of the molecule is CNC(=O)CC1(O)CCCN(C(=O)c2c(OC)cnc3ccccc23)C1. The number of aliphatic hydroxyl groups is 1. The summed E-state index contributed by atoms with van der Waals surface area (Å²) in [6, 6.07) is 7.37. The van der Waals surface area contributed by atoms with Crippen molar-refractivity contribution >= 4 is 22.7 Å². The fraction of sp³-hybridized carbons (Fsp3) is 0.421. The van der Waals surface area contributed by atoms with Crippen molar-refractivity contribution in [1.29, 1.82) is 0 Å². The smallest absolute Gasteiger partial charge is 0.258 e. The van der Waals surface area contributed by atoms with Gasteiger partial charge in [0.05, 0.1) is 43.0 Å². The number of carbonyl (C=O) groups is 2. The third kappa shape index (κ3) is 3.48. The number of β-amino-alcohol motifs (C(OH)–C–C–N with tert-alkyl or cyclic N) is 1. The summed E-state index contributed by atoms with van der Waals surface area (Å²) in [4.78, 5) is 30.9. The van der Waals surface area contributed by atoms with Gasteiger partial charge in [0.15, 0.2) is 5.75 Å². The van der Waals surface area contributed by atoms with Crippen LogP contribution in [0.3, 0.4) is 0 Å². The van der Waals surface area contributed by atoms with Gasteiger partial charge in [0, 0.05) is 19.0 Å². The van der Waals surface area contributed by atoms with Gasteiger partial charge in [-0.25, -0.2) is 0 Å². The number of pyridine rings is 1. The molecule has 2 amide bonds. The molecule has 7 nitrogen and oxygen atoms in total. The molecular weight excluding hydrogens is 334 g/mol. The molecule has 3 rings (SSSR count). The normalized spacial score (nSPS) is 20.0. The van der Waals surface area contributed by atoms with Crippen LogP contribution in [0.15, 0.2) is 30.5 Å². The largest absolute Gasteiger partial charge is 0.494 e. The van der Waals surface area contributed by atoms with Gasteiger partial charge < -0.3 is 20.1 Å². The molecule has 2 heterocycles. The highest BCUT2D eigenvalue weighted by atomic mass is 16.5. The van der Waals surface area contributed by atoms with Crippen LogP contribution in [0.1, 0.15) is 29.6 Å². The third-order valence-corrected chi connectivity index (χ3v) is 4.79. The average molecular weight is 357 g/mol. The van der Waals surface area contributed by atoms with Gasteiger partial charge in [-0.05, 0) is 18.9 Å². The second-order valence-corrected chi connectivity index (χ2v) is 6.62. The Kier molecular flexibility index (Phi) is 5.08. The van der Waals surface area contributed by atoms with Crippen molar-refractivity contribution in [2.75, 3.05) is 27.2 Å². The van der Waals surface area contributed by atoms with Gasteiger partial charge in [0.25, 0.3) is 5.91 Å². The van der Waals surface area contributed by atoms with E-state index in [1.165, 1.54) is 20.4 Å². The monoisotopic (exact) mass is 357 g/mol. The van der Waals surface area contributed by atoms with Gasteiger partial charge in [0.1, 0.15) is 0 Å². The van der Waals surface area contributed by atoms with Crippen LogP contribution in [0.25, 0.3) is 10.9 Å². The summed E-state index contributed by atoms with van der Waals surface area (Å²) in [5.41, 5.74) is -0.0825. The number of rotatable bonds is 4. The van der Waals surface area contributed by atoms with Gasteiger partial charge in [-0.2, -0.15) is 0 Å². The first-order valence-electron chi connectivity index (χ1n) is 8.61. The molecule has 1 aliphatic heterocycles. The first-order valence-corrected chi connectivity index (χ1v) is 8.61. The zero-order valence-electron chi connectivity index (χ0n) is 15.0. The highest BCUT2D eigenvalue weighted by Crippen LogP contribution is 2.31. The minimum atomic E-state index is -1.22. The van der Waals surface area contributed by atoms with Gasteiger partial charge >= 0.3 is 0 Å². The maximum atomic E-state index is 13.2. The van der Waals surface area contributed by atoms with Crippen LogP contribution in [0, 0.1) is 0 Å². The fourth-order valence-electron chi connectivity index (χ4n) is 3.47. The van der Waals surface area contributed by atoms with Crippen molar-refractivity contribution in [3.63, 3.8) is 0 Å². The van der Waals surface area contributed by atoms with Crippen LogP contribution >= 0.6 is 0 Å². The quantitative estimate of drug-likeness (QED) is 0.862. The zero-order chi connectivity index (χ0) is 18.7. The lowest BCUT2D eigenvalue weighted by Gasteiger charge is -2.39. The molecule has 1 aliphatic rings. The molecule has 1 atom stereocenters. The Morgan fingerprint density at radius 1 is 1.38 bits per heavy atom. The average Bonchev–Trinajstić information content (AvgIpc) is 2.66. The zero-order valence-corrected chi connectivity index (χ0v) is 15.0. The molecular formula is C19H23N3O4. The van der Waals surface area contributed by atoms with Crippen LogP contribution < -0.4 is 10.1 Å². The van der Waals surface area contributed by atoms with Gasteiger partial charge in [-0.3, -0.25) is 14.6 Å². The van der Waals surface area contributed by atoms with Gasteiger partial charge in [-0.1, -0.05) is 18.2 Å². The van der Waals surface area contributed by atoms with Crippen LogP contribution in [0.2, 0.25) is 0 Å². The standard InChI is InChI=1S/C19H23N3O4/c1-20-16(23)10-19(25)8-5-9-22(12-19)18(24)17-13-6-3-4-7-14(13)21-11-15(17)26-2/h3-4,6-7,11,25H,5,8-10,12H2,1-2H3,(H,20,23). The molecule has 1 saturated heterocycles. The number of hydrogen-bond donors (Lipinski definition) is 2. The summed E-state index contributed by atoms with van der Waals surface area (Å²) in [5, 5.41) is 14.0. The van der Waals surface area contributed by atoms with E-state index in [0.717, 1.165) is 0 Å². The van der Waals surface area contributed by atoms with Crippen molar-refractivity contribution in [3.05, 3.63) is 36.0 Å². The summed E-state index contributed by atoms with van der Waals surface area (Å²) >= 11 is 0. The molecule has 138 valence electrons. The molecule has 2 N–H and O–H groups in total. The van der Waals surface area contributed by atoms with E-state index in [1.807, 2.05) is 24.3 Å². The van der Waals surface area contributed by atoms with Gasteiger partial charge in [-0.15, -0.1) is 0 Å². The fourth-order valence-corrected chi connectivity index (χ4v) is 3.47. The Morgan fingerprint density at radius 3 is 2.88 bits per heavy atom. The van der Waals surface area contributed by atoms with E-state index in [1.54, 1.807) is 4.90 Å². The number of nitrogens with zero attached hydrogens (tertiary/aromatic N) is 2. The Labute approximate surface area is 152 Å². The Morgan fingerprint density at radius 2 is 2.15 bits per heavy atom. The van der Waals surface area contributed by atoms with E-state index in [4.69, 9.17) is 4.74 Å². The Hall–Kier alpha value is -2.67. The molecule has 26 heavy (non-hydrogen) atoms. The van der Waals surface area contributed by atoms with E-state index in [2.05, 4.69) is 10.3 Å². The molecule has 1 aromatic heterocycles. The second-order valence-electron chi connectivity index (χ2n) is 6.62. The van der Waals surface area contributed by atoms with Crippen LogP contribution in [-0.2, 0) is 4.79 Å². The van der Waals surface area contributed by atoms with E-state index in [0.29, 0.717) is 41.6 Å². The highest BCUT2D eigenvalue weighted by Gasteiger charge is 2.38. The lowest BCUT2D eigenvalue weighted by molar-refractivity contribution is -0.127. The van der Waals surface area contributed by atoms with Crippen LogP contribution in [-0.4, -0.2) is 59.7 Å². The number of nitrogens with one attached hydrogen (secondary N) is 1. The number of piperidine rings is 1. The second kappa shape index (κ2) is 7.29. The maximum Gasteiger partial charge on any atom is 0.258 e. The first-order chi connectivity index (χ1) is 12.5. The summed E-state index contributed by atoms with van der Waals surface area (Å²) in [7, 11) is 3.03. The number of hydrogen-bond acceptors (Lipinski definition) is 5. The molecule has 0 radical (unpaired) electrons. The Bertz CT molecular complexity index is 839. The molecule has 0 aliphatic carbocycles. The Balaban J connectivity index is 1.94.